The molecule has 1 aromatic carbocycles. The lowest BCUT2D eigenvalue weighted by molar-refractivity contribution is -0.113. The van der Waals surface area contributed by atoms with Crippen molar-refractivity contribution in [3.05, 3.63) is 65.8 Å². The fourth-order valence-corrected chi connectivity index (χ4v) is 3.49. The summed E-state index contributed by atoms with van der Waals surface area (Å²) in [5.74, 6) is -0.810. The SMILES string of the molecule is CC1=NC(=O)C=CC1N1CN(c2ccc(F)cc2C)c2cnccc2C1=O. The molecule has 0 radical (unpaired) electrons. The number of carbonyl (C=O) groups is 2. The van der Waals surface area contributed by atoms with Crippen LogP contribution in [0, 0.1) is 12.7 Å². The number of halogens is 1. The van der Waals surface area contributed by atoms with Crippen LogP contribution in [0.1, 0.15) is 22.8 Å². The van der Waals surface area contributed by atoms with Gasteiger partial charge >= 0.3 is 0 Å². The predicted octanol–water partition coefficient (Wildman–Crippen LogP) is 3.01. The molecule has 2 amide bonds. The highest BCUT2D eigenvalue weighted by atomic mass is 19.1. The van der Waals surface area contributed by atoms with Gasteiger partial charge in [-0.25, -0.2) is 9.38 Å². The van der Waals surface area contributed by atoms with Crippen LogP contribution in [-0.4, -0.2) is 40.1 Å². The van der Waals surface area contributed by atoms with Crippen molar-refractivity contribution in [1.29, 1.82) is 0 Å². The van der Waals surface area contributed by atoms with E-state index in [-0.39, 0.29) is 24.3 Å². The minimum Gasteiger partial charge on any atom is -0.321 e. The lowest BCUT2D eigenvalue weighted by atomic mass is 10.0. The van der Waals surface area contributed by atoms with Gasteiger partial charge in [-0.05, 0) is 43.7 Å². The van der Waals surface area contributed by atoms with Crippen LogP contribution in [0.15, 0.2) is 53.8 Å². The highest BCUT2D eigenvalue weighted by Crippen LogP contribution is 2.36. The number of rotatable bonds is 2. The summed E-state index contributed by atoms with van der Waals surface area (Å²) in [4.78, 5) is 36.3. The van der Waals surface area contributed by atoms with E-state index < -0.39 is 6.04 Å². The predicted molar refractivity (Wildman–Crippen MR) is 99.6 cm³/mol. The molecule has 136 valence electrons. The molecule has 3 heterocycles. The highest BCUT2D eigenvalue weighted by Gasteiger charge is 2.36. The third-order valence-corrected chi connectivity index (χ3v) is 4.80. The monoisotopic (exact) mass is 364 g/mol. The van der Waals surface area contributed by atoms with Gasteiger partial charge in [0, 0.05) is 23.7 Å². The van der Waals surface area contributed by atoms with Crippen molar-refractivity contribution in [2.75, 3.05) is 11.6 Å². The number of anilines is 2. The summed E-state index contributed by atoms with van der Waals surface area (Å²) in [7, 11) is 0. The summed E-state index contributed by atoms with van der Waals surface area (Å²) in [5, 5.41) is 0. The Labute approximate surface area is 155 Å². The van der Waals surface area contributed by atoms with Crippen LogP contribution in [0.25, 0.3) is 0 Å². The van der Waals surface area contributed by atoms with Gasteiger partial charge in [0.25, 0.3) is 11.8 Å². The van der Waals surface area contributed by atoms with E-state index in [1.807, 2.05) is 11.8 Å². The number of hydrogen-bond acceptors (Lipinski definition) is 4. The first-order chi connectivity index (χ1) is 13.0. The average molecular weight is 364 g/mol. The first-order valence-corrected chi connectivity index (χ1v) is 8.52. The average Bonchev–Trinajstić information content (AvgIpc) is 2.64. The van der Waals surface area contributed by atoms with Crippen molar-refractivity contribution in [1.82, 2.24) is 9.88 Å². The van der Waals surface area contributed by atoms with Gasteiger partial charge in [-0.3, -0.25) is 14.6 Å². The number of benzene rings is 1. The Bertz CT molecular complexity index is 1010. The second kappa shape index (κ2) is 6.42. The molecule has 6 nitrogen and oxygen atoms in total. The molecule has 2 aromatic rings. The smallest absolute Gasteiger partial charge is 0.269 e. The minimum absolute atomic E-state index is 0.165. The number of fused-ring (bicyclic) bond motifs is 1. The maximum atomic E-state index is 13.6. The molecule has 0 aliphatic carbocycles. The Morgan fingerprint density at radius 1 is 1.15 bits per heavy atom. The number of nitrogens with zero attached hydrogens (tertiary/aromatic N) is 4. The summed E-state index contributed by atoms with van der Waals surface area (Å²) >= 11 is 0. The van der Waals surface area contributed by atoms with E-state index in [0.717, 1.165) is 11.3 Å². The van der Waals surface area contributed by atoms with Gasteiger partial charge in [-0.2, -0.15) is 0 Å². The number of amides is 2. The molecule has 0 spiro atoms. The molecule has 0 saturated carbocycles. The third-order valence-electron chi connectivity index (χ3n) is 4.80. The van der Waals surface area contributed by atoms with E-state index in [0.29, 0.717) is 17.0 Å². The Kier molecular flexibility index (Phi) is 4.07. The van der Waals surface area contributed by atoms with E-state index in [4.69, 9.17) is 0 Å². The third kappa shape index (κ3) is 2.91. The fraction of sp³-hybridized carbons (Fsp3) is 0.200. The fourth-order valence-electron chi connectivity index (χ4n) is 3.49. The normalized spacial score (nSPS) is 19.2. The molecule has 27 heavy (non-hydrogen) atoms. The first-order valence-electron chi connectivity index (χ1n) is 8.52. The molecule has 1 aromatic heterocycles. The van der Waals surface area contributed by atoms with Crippen molar-refractivity contribution < 1.29 is 14.0 Å². The van der Waals surface area contributed by atoms with Crippen LogP contribution >= 0.6 is 0 Å². The summed E-state index contributed by atoms with van der Waals surface area (Å²) < 4.78 is 13.6. The van der Waals surface area contributed by atoms with Gasteiger partial charge in [0.2, 0.25) is 0 Å². The number of aliphatic imine (C=N–C) groups is 1. The Morgan fingerprint density at radius 3 is 2.70 bits per heavy atom. The van der Waals surface area contributed by atoms with Crippen molar-refractivity contribution in [3.8, 4) is 0 Å². The minimum atomic E-state index is -0.417. The van der Waals surface area contributed by atoms with Crippen LogP contribution in [-0.2, 0) is 4.79 Å². The highest BCUT2D eigenvalue weighted by molar-refractivity contribution is 6.09. The Balaban J connectivity index is 1.82. The molecule has 2 aliphatic rings. The quantitative estimate of drug-likeness (QED) is 0.822. The maximum absolute atomic E-state index is 13.6. The largest absolute Gasteiger partial charge is 0.321 e. The second-order valence-corrected chi connectivity index (χ2v) is 6.56. The van der Waals surface area contributed by atoms with Crippen LogP contribution in [0.2, 0.25) is 0 Å². The van der Waals surface area contributed by atoms with Gasteiger partial charge in [0.1, 0.15) is 5.82 Å². The van der Waals surface area contributed by atoms with E-state index in [1.54, 1.807) is 42.4 Å². The molecule has 1 unspecified atom stereocenters. The maximum Gasteiger partial charge on any atom is 0.269 e. The molecular formula is C20H17FN4O2. The van der Waals surface area contributed by atoms with E-state index >= 15 is 0 Å². The molecule has 2 aliphatic heterocycles. The van der Waals surface area contributed by atoms with Crippen molar-refractivity contribution >= 4 is 28.9 Å². The standard InChI is InChI=1S/C20H17FN4O2/c1-12-9-14(21)3-4-16(12)24-11-25(17-5-6-19(26)23-13(17)2)20(27)15-7-8-22-10-18(15)24/h3-10,17H,11H2,1-2H3. The molecule has 0 fully saturated rings. The van der Waals surface area contributed by atoms with Crippen molar-refractivity contribution in [2.45, 2.75) is 19.9 Å². The molecule has 0 saturated heterocycles. The zero-order chi connectivity index (χ0) is 19.1. The van der Waals surface area contributed by atoms with Crippen LogP contribution in [0.3, 0.4) is 0 Å². The zero-order valence-corrected chi connectivity index (χ0v) is 14.9. The zero-order valence-electron chi connectivity index (χ0n) is 14.9. The summed E-state index contributed by atoms with van der Waals surface area (Å²) in [5.41, 5.74) is 3.26. The topological polar surface area (TPSA) is 65.9 Å². The van der Waals surface area contributed by atoms with Gasteiger partial charge in [-0.15, -0.1) is 0 Å². The van der Waals surface area contributed by atoms with Gasteiger partial charge in [0.15, 0.2) is 0 Å². The lowest BCUT2D eigenvalue weighted by Gasteiger charge is -2.41. The lowest BCUT2D eigenvalue weighted by Crippen LogP contribution is -2.52. The number of dihydropyridines is 1. The van der Waals surface area contributed by atoms with Crippen LogP contribution in [0.4, 0.5) is 15.8 Å². The van der Waals surface area contributed by atoms with Crippen LogP contribution in [0.5, 0.6) is 0 Å². The number of pyridine rings is 1. The summed E-state index contributed by atoms with van der Waals surface area (Å²) in [6.45, 7) is 3.79. The summed E-state index contributed by atoms with van der Waals surface area (Å²) in [6, 6.07) is 5.79. The Hall–Kier alpha value is -3.35. The van der Waals surface area contributed by atoms with Crippen LogP contribution < -0.4 is 4.90 Å². The van der Waals surface area contributed by atoms with Gasteiger partial charge in [0.05, 0.1) is 30.2 Å². The molecule has 1 atom stereocenters. The van der Waals surface area contributed by atoms with E-state index in [9.17, 15) is 14.0 Å². The first kappa shape index (κ1) is 17.1. The molecule has 7 heteroatoms. The second-order valence-electron chi connectivity index (χ2n) is 6.56. The molecule has 4 rings (SSSR count). The number of aryl methyl sites for hydroxylation is 1. The van der Waals surface area contributed by atoms with Crippen molar-refractivity contribution in [2.24, 2.45) is 4.99 Å². The van der Waals surface area contributed by atoms with Gasteiger partial charge in [-0.1, -0.05) is 6.08 Å². The summed E-state index contributed by atoms with van der Waals surface area (Å²) in [6.07, 6.45) is 6.26. The molecule has 0 bridgehead atoms. The Morgan fingerprint density at radius 2 is 1.96 bits per heavy atom. The number of hydrogen-bond donors (Lipinski definition) is 0. The number of carbonyl (C=O) groups excluding carboxylic acids is 2. The van der Waals surface area contributed by atoms with E-state index in [2.05, 4.69) is 9.98 Å². The van der Waals surface area contributed by atoms with E-state index in [1.165, 1.54) is 18.2 Å². The van der Waals surface area contributed by atoms with Crippen molar-refractivity contribution in [3.63, 3.8) is 0 Å². The molecular weight excluding hydrogens is 347 g/mol. The van der Waals surface area contributed by atoms with Gasteiger partial charge < -0.3 is 9.80 Å². The number of aromatic nitrogens is 1. The molecule has 0 N–H and O–H groups in total.